The summed E-state index contributed by atoms with van der Waals surface area (Å²) in [4.78, 5) is 2.40. The minimum Gasteiger partial charge on any atom is -0.396 e. The van der Waals surface area contributed by atoms with Crippen molar-refractivity contribution in [2.24, 2.45) is 0 Å². The van der Waals surface area contributed by atoms with E-state index in [2.05, 4.69) is 48.3 Å². The maximum Gasteiger partial charge on any atom is 0.0443 e. The molecule has 19 heavy (non-hydrogen) atoms. The number of aryl methyl sites for hydroxylation is 1. The Labute approximate surface area is 117 Å². The average molecular weight is 264 g/mol. The van der Waals surface area contributed by atoms with E-state index >= 15 is 0 Å². The normalized spacial score (nSPS) is 12.9. The van der Waals surface area contributed by atoms with Crippen LogP contribution in [0.5, 0.6) is 0 Å². The second kappa shape index (κ2) is 9.08. The van der Waals surface area contributed by atoms with E-state index < -0.39 is 0 Å². The molecule has 0 heterocycles. The van der Waals surface area contributed by atoms with E-state index in [1.807, 2.05) is 7.05 Å². The zero-order valence-electron chi connectivity index (χ0n) is 12.5. The monoisotopic (exact) mass is 264 g/mol. The van der Waals surface area contributed by atoms with Crippen molar-refractivity contribution in [2.75, 3.05) is 33.3 Å². The van der Waals surface area contributed by atoms with E-state index in [1.165, 1.54) is 11.1 Å². The summed E-state index contributed by atoms with van der Waals surface area (Å²) < 4.78 is 0. The molecule has 0 spiro atoms. The van der Waals surface area contributed by atoms with Gasteiger partial charge in [0.15, 0.2) is 0 Å². The van der Waals surface area contributed by atoms with Crippen molar-refractivity contribution in [1.29, 1.82) is 0 Å². The van der Waals surface area contributed by atoms with Crippen LogP contribution in [0.15, 0.2) is 24.3 Å². The lowest BCUT2D eigenvalue weighted by Crippen LogP contribution is -2.29. The van der Waals surface area contributed by atoms with E-state index in [-0.39, 0.29) is 6.61 Å². The summed E-state index contributed by atoms with van der Waals surface area (Å²) in [7, 11) is 2.02. The predicted molar refractivity (Wildman–Crippen MR) is 81.4 cm³/mol. The number of hydrogen-bond donors (Lipinski definition) is 2. The topological polar surface area (TPSA) is 35.5 Å². The molecule has 0 bridgehead atoms. The molecule has 108 valence electrons. The first kappa shape index (κ1) is 16.2. The average Bonchev–Trinajstić information content (AvgIpc) is 2.43. The predicted octanol–water partition coefficient (Wildman–Crippen LogP) is 2.35. The zero-order chi connectivity index (χ0) is 14.1. The van der Waals surface area contributed by atoms with Crippen molar-refractivity contribution in [1.82, 2.24) is 10.2 Å². The second-order valence-electron chi connectivity index (χ2n) is 5.06. The Kier molecular flexibility index (Phi) is 7.72. The van der Waals surface area contributed by atoms with Crippen LogP contribution < -0.4 is 5.32 Å². The Balaban J connectivity index is 2.52. The van der Waals surface area contributed by atoms with Gasteiger partial charge in [0.1, 0.15) is 0 Å². The molecular formula is C16H28N2O. The molecule has 0 amide bonds. The lowest BCUT2D eigenvalue weighted by atomic mass is 10.0. The molecule has 1 aromatic rings. The minimum atomic E-state index is 0.282. The first-order chi connectivity index (χ1) is 9.21. The molecule has 0 radical (unpaired) electrons. The maximum absolute atomic E-state index is 8.90. The van der Waals surface area contributed by atoms with Crippen molar-refractivity contribution < 1.29 is 5.11 Å². The molecule has 0 aliphatic carbocycles. The first-order valence-corrected chi connectivity index (χ1v) is 7.28. The van der Waals surface area contributed by atoms with Crippen LogP contribution in [0.1, 0.15) is 36.9 Å². The van der Waals surface area contributed by atoms with Crippen LogP contribution in [0, 0.1) is 6.92 Å². The summed E-state index contributed by atoms with van der Waals surface area (Å²) in [6.07, 6.45) is 1.96. The highest BCUT2D eigenvalue weighted by Crippen LogP contribution is 2.18. The summed E-state index contributed by atoms with van der Waals surface area (Å²) in [6, 6.07) is 9.11. The molecule has 0 fully saturated rings. The first-order valence-electron chi connectivity index (χ1n) is 7.28. The van der Waals surface area contributed by atoms with Crippen LogP contribution in [-0.4, -0.2) is 43.3 Å². The standard InChI is InChI=1S/C16H28N2O/c1-4-18(10-6-12-19)11-9-16(17-3)15-8-5-7-14(2)13-15/h5,7-8,13,16-17,19H,4,6,9-12H2,1-3H3. The van der Waals surface area contributed by atoms with Gasteiger partial charge in [0.2, 0.25) is 0 Å². The minimum absolute atomic E-state index is 0.282. The number of benzene rings is 1. The van der Waals surface area contributed by atoms with Gasteiger partial charge >= 0.3 is 0 Å². The molecule has 1 atom stereocenters. The Morgan fingerprint density at radius 2 is 2.11 bits per heavy atom. The number of nitrogens with one attached hydrogen (secondary N) is 1. The third-order valence-corrected chi connectivity index (χ3v) is 3.61. The zero-order valence-corrected chi connectivity index (χ0v) is 12.5. The summed E-state index contributed by atoms with van der Waals surface area (Å²) >= 11 is 0. The number of hydrogen-bond acceptors (Lipinski definition) is 3. The number of aliphatic hydroxyl groups is 1. The van der Waals surface area contributed by atoms with Gasteiger partial charge in [-0.25, -0.2) is 0 Å². The van der Waals surface area contributed by atoms with Gasteiger partial charge in [-0.3, -0.25) is 0 Å². The fourth-order valence-electron chi connectivity index (χ4n) is 2.40. The number of nitrogens with zero attached hydrogens (tertiary/aromatic N) is 1. The maximum atomic E-state index is 8.90. The fourth-order valence-corrected chi connectivity index (χ4v) is 2.40. The second-order valence-corrected chi connectivity index (χ2v) is 5.06. The van der Waals surface area contributed by atoms with Crippen molar-refractivity contribution in [3.63, 3.8) is 0 Å². The third-order valence-electron chi connectivity index (χ3n) is 3.61. The van der Waals surface area contributed by atoms with Crippen LogP contribution in [0.3, 0.4) is 0 Å². The molecule has 1 aromatic carbocycles. The van der Waals surface area contributed by atoms with Crippen molar-refractivity contribution in [2.45, 2.75) is 32.7 Å². The van der Waals surface area contributed by atoms with Crippen LogP contribution in [0.4, 0.5) is 0 Å². The fraction of sp³-hybridized carbons (Fsp3) is 0.625. The Hall–Kier alpha value is -0.900. The lowest BCUT2D eigenvalue weighted by molar-refractivity contribution is 0.223. The summed E-state index contributed by atoms with van der Waals surface area (Å²) in [5.74, 6) is 0. The van der Waals surface area contributed by atoms with Gasteiger partial charge in [-0.2, -0.15) is 0 Å². The van der Waals surface area contributed by atoms with Gasteiger partial charge in [-0.1, -0.05) is 36.8 Å². The SMILES string of the molecule is CCN(CCCO)CCC(NC)c1cccc(C)c1. The number of aliphatic hydroxyl groups excluding tert-OH is 1. The lowest BCUT2D eigenvalue weighted by Gasteiger charge is -2.24. The third kappa shape index (κ3) is 5.72. The van der Waals surface area contributed by atoms with Crippen LogP contribution in [0.2, 0.25) is 0 Å². The van der Waals surface area contributed by atoms with Crippen molar-refractivity contribution in [3.8, 4) is 0 Å². The van der Waals surface area contributed by atoms with Gasteiger partial charge < -0.3 is 15.3 Å². The molecule has 0 saturated carbocycles. The molecular weight excluding hydrogens is 236 g/mol. The molecule has 3 nitrogen and oxygen atoms in total. The highest BCUT2D eigenvalue weighted by Gasteiger charge is 2.11. The molecule has 2 N–H and O–H groups in total. The molecule has 0 saturated heterocycles. The van der Waals surface area contributed by atoms with Gasteiger partial charge in [0.05, 0.1) is 0 Å². The molecule has 3 heteroatoms. The molecule has 1 unspecified atom stereocenters. The van der Waals surface area contributed by atoms with Gasteiger partial charge in [-0.15, -0.1) is 0 Å². The largest absolute Gasteiger partial charge is 0.396 e. The Bertz CT molecular complexity index is 354. The van der Waals surface area contributed by atoms with Gasteiger partial charge in [0.25, 0.3) is 0 Å². The quantitative estimate of drug-likeness (QED) is 0.718. The van der Waals surface area contributed by atoms with Gasteiger partial charge in [0, 0.05) is 19.2 Å². The molecule has 0 aliphatic heterocycles. The Morgan fingerprint density at radius 3 is 2.68 bits per heavy atom. The van der Waals surface area contributed by atoms with E-state index in [1.54, 1.807) is 0 Å². The van der Waals surface area contributed by atoms with Gasteiger partial charge in [-0.05, 0) is 45.5 Å². The van der Waals surface area contributed by atoms with Crippen molar-refractivity contribution in [3.05, 3.63) is 35.4 Å². The van der Waals surface area contributed by atoms with Crippen LogP contribution >= 0.6 is 0 Å². The van der Waals surface area contributed by atoms with Crippen molar-refractivity contribution >= 4 is 0 Å². The summed E-state index contributed by atoms with van der Waals surface area (Å²) in [5.41, 5.74) is 2.67. The summed E-state index contributed by atoms with van der Waals surface area (Å²) in [5, 5.41) is 12.3. The molecule has 0 aromatic heterocycles. The van der Waals surface area contributed by atoms with E-state index in [4.69, 9.17) is 5.11 Å². The van der Waals surface area contributed by atoms with Crippen LogP contribution in [-0.2, 0) is 0 Å². The highest BCUT2D eigenvalue weighted by molar-refractivity contribution is 5.25. The Morgan fingerprint density at radius 1 is 1.32 bits per heavy atom. The molecule has 1 rings (SSSR count). The smallest absolute Gasteiger partial charge is 0.0443 e. The highest BCUT2D eigenvalue weighted by atomic mass is 16.3. The summed E-state index contributed by atoms with van der Waals surface area (Å²) in [6.45, 7) is 7.69. The number of rotatable bonds is 9. The van der Waals surface area contributed by atoms with E-state index in [0.717, 1.165) is 32.5 Å². The van der Waals surface area contributed by atoms with E-state index in [0.29, 0.717) is 6.04 Å². The molecule has 0 aliphatic rings. The van der Waals surface area contributed by atoms with E-state index in [9.17, 15) is 0 Å². The van der Waals surface area contributed by atoms with Crippen LogP contribution in [0.25, 0.3) is 0 Å².